The molecule has 1 aromatic rings. The molecule has 4 heteroatoms. The third-order valence-electron chi connectivity index (χ3n) is 4.58. The van der Waals surface area contributed by atoms with Gasteiger partial charge in [-0.05, 0) is 30.7 Å². The van der Waals surface area contributed by atoms with Crippen LogP contribution in [0.25, 0.3) is 0 Å². The van der Waals surface area contributed by atoms with Gasteiger partial charge in [-0.25, -0.2) is 0 Å². The van der Waals surface area contributed by atoms with Crippen LogP contribution in [0.1, 0.15) is 20.3 Å². The van der Waals surface area contributed by atoms with Gasteiger partial charge in [-0.3, -0.25) is 0 Å². The molecule has 4 nitrogen and oxygen atoms in total. The van der Waals surface area contributed by atoms with Crippen LogP contribution in [0.15, 0.2) is 24.3 Å². The van der Waals surface area contributed by atoms with Crippen molar-refractivity contribution >= 4 is 5.69 Å². The van der Waals surface area contributed by atoms with E-state index in [4.69, 9.17) is 14.7 Å². The molecular weight excluding hydrogens is 252 g/mol. The Balaban J connectivity index is 1.65. The van der Waals surface area contributed by atoms with E-state index < -0.39 is 0 Å². The van der Waals surface area contributed by atoms with Crippen LogP contribution in [0.2, 0.25) is 0 Å². The Bertz CT molecular complexity index is 518. The SMILES string of the molecule is CC1(C)C(Nc2ccc(OCC#N)cc2)C2CCOC21. The molecule has 1 saturated carbocycles. The Hall–Kier alpha value is -1.73. The number of hydrogen-bond donors (Lipinski definition) is 1. The van der Waals surface area contributed by atoms with Gasteiger partial charge in [0.25, 0.3) is 0 Å². The number of hydrogen-bond acceptors (Lipinski definition) is 4. The monoisotopic (exact) mass is 272 g/mol. The summed E-state index contributed by atoms with van der Waals surface area (Å²) in [7, 11) is 0. The average molecular weight is 272 g/mol. The molecule has 1 aliphatic heterocycles. The minimum absolute atomic E-state index is 0.0868. The van der Waals surface area contributed by atoms with E-state index >= 15 is 0 Å². The predicted molar refractivity (Wildman–Crippen MR) is 76.6 cm³/mol. The summed E-state index contributed by atoms with van der Waals surface area (Å²) >= 11 is 0. The minimum atomic E-state index is 0.0868. The van der Waals surface area contributed by atoms with Gasteiger partial charge in [-0.2, -0.15) is 5.26 Å². The summed E-state index contributed by atoms with van der Waals surface area (Å²) in [6.07, 6.45) is 1.55. The minimum Gasteiger partial charge on any atom is -0.479 e. The zero-order valence-electron chi connectivity index (χ0n) is 11.9. The highest BCUT2D eigenvalue weighted by atomic mass is 16.5. The molecule has 1 saturated heterocycles. The van der Waals surface area contributed by atoms with Gasteiger partial charge in [-0.15, -0.1) is 0 Å². The van der Waals surface area contributed by atoms with Crippen LogP contribution < -0.4 is 10.1 Å². The van der Waals surface area contributed by atoms with Gasteiger partial charge in [0.2, 0.25) is 0 Å². The smallest absolute Gasteiger partial charge is 0.174 e. The molecule has 3 unspecified atom stereocenters. The average Bonchev–Trinajstić information content (AvgIpc) is 2.91. The number of fused-ring (bicyclic) bond motifs is 1. The van der Waals surface area contributed by atoms with Crippen molar-refractivity contribution in [3.8, 4) is 11.8 Å². The fourth-order valence-electron chi connectivity index (χ4n) is 3.56. The van der Waals surface area contributed by atoms with Crippen LogP contribution in [0, 0.1) is 22.7 Å². The van der Waals surface area contributed by atoms with E-state index in [0.717, 1.165) is 24.5 Å². The lowest BCUT2D eigenvalue weighted by Crippen LogP contribution is -2.63. The fourth-order valence-corrected chi connectivity index (χ4v) is 3.56. The second-order valence-electron chi connectivity index (χ2n) is 6.16. The maximum Gasteiger partial charge on any atom is 0.174 e. The lowest BCUT2D eigenvalue weighted by molar-refractivity contribution is -0.0923. The number of ether oxygens (including phenoxy) is 2. The summed E-state index contributed by atoms with van der Waals surface area (Å²) in [6.45, 7) is 5.50. The Kier molecular flexibility index (Phi) is 3.31. The van der Waals surface area contributed by atoms with Gasteiger partial charge in [0.05, 0.1) is 6.10 Å². The Labute approximate surface area is 119 Å². The van der Waals surface area contributed by atoms with E-state index in [-0.39, 0.29) is 12.0 Å². The van der Waals surface area contributed by atoms with E-state index in [0.29, 0.717) is 18.1 Å². The van der Waals surface area contributed by atoms with Gasteiger partial charge in [0.15, 0.2) is 6.61 Å². The van der Waals surface area contributed by atoms with Crippen LogP contribution in [0.3, 0.4) is 0 Å². The second-order valence-corrected chi connectivity index (χ2v) is 6.16. The Morgan fingerprint density at radius 1 is 1.40 bits per heavy atom. The molecule has 0 spiro atoms. The van der Waals surface area contributed by atoms with Crippen LogP contribution in [0.4, 0.5) is 5.69 Å². The van der Waals surface area contributed by atoms with Crippen LogP contribution >= 0.6 is 0 Å². The van der Waals surface area contributed by atoms with E-state index in [1.807, 2.05) is 30.3 Å². The van der Waals surface area contributed by atoms with E-state index in [2.05, 4.69) is 19.2 Å². The highest BCUT2D eigenvalue weighted by Crippen LogP contribution is 2.53. The maximum absolute atomic E-state index is 8.49. The van der Waals surface area contributed by atoms with Crippen LogP contribution in [-0.2, 0) is 4.74 Å². The first-order chi connectivity index (χ1) is 9.63. The number of benzene rings is 1. The molecule has 0 radical (unpaired) electrons. The second kappa shape index (κ2) is 4.99. The van der Waals surface area contributed by atoms with Crippen molar-refractivity contribution < 1.29 is 9.47 Å². The van der Waals surface area contributed by atoms with E-state index in [1.54, 1.807) is 0 Å². The van der Waals surface area contributed by atoms with Crippen molar-refractivity contribution in [1.29, 1.82) is 5.26 Å². The predicted octanol–water partition coefficient (Wildman–Crippen LogP) is 2.81. The van der Waals surface area contributed by atoms with Crippen molar-refractivity contribution in [3.05, 3.63) is 24.3 Å². The zero-order valence-corrected chi connectivity index (χ0v) is 11.9. The molecule has 3 atom stereocenters. The first-order valence-electron chi connectivity index (χ1n) is 7.11. The fraction of sp³-hybridized carbons (Fsp3) is 0.562. The normalized spacial score (nSPS) is 29.9. The number of nitrogens with zero attached hydrogens (tertiary/aromatic N) is 1. The van der Waals surface area contributed by atoms with Crippen molar-refractivity contribution in [1.82, 2.24) is 0 Å². The topological polar surface area (TPSA) is 54.3 Å². The Morgan fingerprint density at radius 3 is 2.85 bits per heavy atom. The quantitative estimate of drug-likeness (QED) is 0.915. The zero-order chi connectivity index (χ0) is 14.2. The summed E-state index contributed by atoms with van der Waals surface area (Å²) in [5, 5.41) is 12.1. The van der Waals surface area contributed by atoms with Gasteiger partial charge in [0, 0.05) is 29.7 Å². The molecular formula is C16H20N2O2. The molecule has 0 bridgehead atoms. The number of anilines is 1. The summed E-state index contributed by atoms with van der Waals surface area (Å²) in [4.78, 5) is 0. The molecule has 106 valence electrons. The van der Waals surface area contributed by atoms with Crippen molar-refractivity contribution in [2.24, 2.45) is 11.3 Å². The molecule has 0 aromatic heterocycles. The summed E-state index contributed by atoms with van der Waals surface area (Å²) < 4.78 is 11.1. The molecule has 3 rings (SSSR count). The molecule has 2 fully saturated rings. The Morgan fingerprint density at radius 2 is 2.15 bits per heavy atom. The highest BCUT2D eigenvalue weighted by molar-refractivity contribution is 5.48. The molecule has 2 aliphatic rings. The van der Waals surface area contributed by atoms with Crippen molar-refractivity contribution in [3.63, 3.8) is 0 Å². The summed E-state index contributed by atoms with van der Waals surface area (Å²) in [5.74, 6) is 1.35. The largest absolute Gasteiger partial charge is 0.479 e. The third-order valence-corrected chi connectivity index (χ3v) is 4.58. The lowest BCUT2D eigenvalue weighted by atomic mass is 9.57. The molecule has 0 amide bonds. The standard InChI is InChI=1S/C16H20N2O2/c1-16(2)14(13-7-9-20-15(13)16)18-11-3-5-12(6-4-11)19-10-8-17/h3-6,13-15,18H,7,9-10H2,1-2H3. The lowest BCUT2D eigenvalue weighted by Gasteiger charge is -2.55. The van der Waals surface area contributed by atoms with Crippen molar-refractivity contribution in [2.45, 2.75) is 32.4 Å². The van der Waals surface area contributed by atoms with Gasteiger partial charge >= 0.3 is 0 Å². The first-order valence-corrected chi connectivity index (χ1v) is 7.11. The van der Waals surface area contributed by atoms with Crippen molar-refractivity contribution in [2.75, 3.05) is 18.5 Å². The molecule has 1 aliphatic carbocycles. The molecule has 1 N–H and O–H groups in total. The van der Waals surface area contributed by atoms with Crippen LogP contribution in [-0.4, -0.2) is 25.4 Å². The van der Waals surface area contributed by atoms with E-state index in [1.165, 1.54) is 0 Å². The number of nitrogens with one attached hydrogen (secondary N) is 1. The summed E-state index contributed by atoms with van der Waals surface area (Å²) in [6, 6.07) is 10.2. The molecule has 1 aromatic carbocycles. The molecule has 1 heterocycles. The van der Waals surface area contributed by atoms with Gasteiger partial charge in [-0.1, -0.05) is 13.8 Å². The van der Waals surface area contributed by atoms with Crippen LogP contribution in [0.5, 0.6) is 5.75 Å². The highest BCUT2D eigenvalue weighted by Gasteiger charge is 2.59. The molecule has 20 heavy (non-hydrogen) atoms. The summed E-state index contributed by atoms with van der Waals surface area (Å²) in [5.41, 5.74) is 1.27. The third kappa shape index (κ3) is 2.12. The number of rotatable bonds is 4. The maximum atomic E-state index is 8.49. The van der Waals surface area contributed by atoms with Gasteiger partial charge in [0.1, 0.15) is 11.8 Å². The van der Waals surface area contributed by atoms with Gasteiger partial charge < -0.3 is 14.8 Å². The first kappa shape index (κ1) is 13.3. The number of nitriles is 1. The van der Waals surface area contributed by atoms with E-state index in [9.17, 15) is 0 Å².